The summed E-state index contributed by atoms with van der Waals surface area (Å²) in [5.74, 6) is 0.568. The van der Waals surface area contributed by atoms with E-state index in [9.17, 15) is 8.42 Å². The molecule has 102 valence electrons. The molecule has 5 heteroatoms. The highest BCUT2D eigenvalue weighted by atomic mass is 32.2. The average molecular weight is 263 g/mol. The van der Waals surface area contributed by atoms with E-state index in [0.717, 1.165) is 45.4 Å². The largest absolute Gasteiger partial charge is 0.383 e. The summed E-state index contributed by atoms with van der Waals surface area (Å²) >= 11 is 0. The van der Waals surface area contributed by atoms with Crippen LogP contribution in [0.25, 0.3) is 0 Å². The molecule has 0 amide bonds. The van der Waals surface area contributed by atoms with Gasteiger partial charge in [-0.05, 0) is 31.7 Å². The molecule has 0 bridgehead atoms. The van der Waals surface area contributed by atoms with Crippen molar-refractivity contribution in [2.45, 2.75) is 37.4 Å². The van der Waals surface area contributed by atoms with Crippen molar-refractivity contribution in [2.24, 2.45) is 5.92 Å². The third-order valence-electron chi connectivity index (χ3n) is 3.55. The summed E-state index contributed by atoms with van der Waals surface area (Å²) in [5.41, 5.74) is 0. The lowest BCUT2D eigenvalue weighted by Gasteiger charge is -2.28. The fraction of sp³-hybridized carbons (Fsp3) is 1.00. The van der Waals surface area contributed by atoms with Crippen LogP contribution in [0.2, 0.25) is 0 Å². The molecule has 17 heavy (non-hydrogen) atoms. The van der Waals surface area contributed by atoms with Crippen molar-refractivity contribution >= 4 is 9.84 Å². The first-order valence-corrected chi connectivity index (χ1v) is 8.38. The average Bonchev–Trinajstić information content (AvgIpc) is 2.28. The van der Waals surface area contributed by atoms with Crippen molar-refractivity contribution < 1.29 is 13.2 Å². The molecule has 2 atom stereocenters. The second-order valence-electron chi connectivity index (χ2n) is 5.02. The summed E-state index contributed by atoms with van der Waals surface area (Å²) < 4.78 is 28.0. The van der Waals surface area contributed by atoms with E-state index >= 15 is 0 Å². The van der Waals surface area contributed by atoms with Gasteiger partial charge in [-0.25, -0.2) is 8.42 Å². The second-order valence-corrected chi connectivity index (χ2v) is 7.34. The number of hydrogen-bond donors (Lipinski definition) is 1. The highest BCUT2D eigenvalue weighted by Crippen LogP contribution is 2.30. The maximum Gasteiger partial charge on any atom is 0.150 e. The minimum atomic E-state index is -2.84. The molecule has 0 aromatic heterocycles. The van der Waals surface area contributed by atoms with Crippen molar-refractivity contribution in [3.63, 3.8) is 0 Å². The summed E-state index contributed by atoms with van der Waals surface area (Å²) in [7, 11) is -1.14. The Kier molecular flexibility index (Phi) is 6.44. The number of hydrogen-bond acceptors (Lipinski definition) is 4. The minimum Gasteiger partial charge on any atom is -0.383 e. The smallest absolute Gasteiger partial charge is 0.150 e. The van der Waals surface area contributed by atoms with E-state index in [-0.39, 0.29) is 5.25 Å². The number of methoxy groups -OCH3 is 1. The van der Waals surface area contributed by atoms with Gasteiger partial charge in [0.2, 0.25) is 0 Å². The summed E-state index contributed by atoms with van der Waals surface area (Å²) in [6.45, 7) is 2.57. The van der Waals surface area contributed by atoms with Crippen LogP contribution >= 0.6 is 0 Å². The molecular weight excluding hydrogens is 238 g/mol. The molecule has 4 nitrogen and oxygen atoms in total. The predicted octanol–water partition coefficient (Wildman–Crippen LogP) is 1.22. The fourth-order valence-corrected chi connectivity index (χ4v) is 3.71. The molecule has 0 spiro atoms. The Bertz CT molecular complexity index is 303. The highest BCUT2D eigenvalue weighted by molar-refractivity contribution is 7.91. The van der Waals surface area contributed by atoms with E-state index < -0.39 is 9.84 Å². The normalized spacial score (nSPS) is 26.0. The zero-order chi connectivity index (χ0) is 12.7. The van der Waals surface area contributed by atoms with E-state index in [2.05, 4.69) is 5.32 Å². The standard InChI is InChI=1S/C12H25NO3S/c1-16-9-8-13-7-6-11-4-3-5-12(10-11)17(2,14)15/h11-13H,3-10H2,1-2H3. The van der Waals surface area contributed by atoms with Crippen LogP contribution < -0.4 is 5.32 Å². The molecule has 1 aliphatic rings. The van der Waals surface area contributed by atoms with E-state index in [1.54, 1.807) is 7.11 Å². The molecule has 1 saturated carbocycles. The van der Waals surface area contributed by atoms with E-state index in [1.165, 1.54) is 12.7 Å². The Morgan fingerprint density at radius 3 is 2.71 bits per heavy atom. The highest BCUT2D eigenvalue weighted by Gasteiger charge is 2.28. The lowest BCUT2D eigenvalue weighted by atomic mass is 9.86. The van der Waals surface area contributed by atoms with Gasteiger partial charge in [-0.3, -0.25) is 0 Å². The van der Waals surface area contributed by atoms with Crippen LogP contribution in [0.3, 0.4) is 0 Å². The lowest BCUT2D eigenvalue weighted by Crippen LogP contribution is -2.29. The molecule has 1 aliphatic carbocycles. The van der Waals surface area contributed by atoms with Crippen molar-refractivity contribution in [1.82, 2.24) is 5.32 Å². The third kappa shape index (κ3) is 5.84. The molecule has 1 rings (SSSR count). The molecule has 1 fully saturated rings. The summed E-state index contributed by atoms with van der Waals surface area (Å²) in [6, 6.07) is 0. The Labute approximate surface area is 105 Å². The molecule has 0 aromatic rings. The van der Waals surface area contributed by atoms with Gasteiger partial charge in [-0.2, -0.15) is 0 Å². The molecule has 0 heterocycles. The van der Waals surface area contributed by atoms with Gasteiger partial charge in [0.05, 0.1) is 11.9 Å². The summed E-state index contributed by atoms with van der Waals surface area (Å²) in [4.78, 5) is 0. The molecule has 0 saturated heterocycles. The Balaban J connectivity index is 2.21. The van der Waals surface area contributed by atoms with Gasteiger partial charge in [-0.15, -0.1) is 0 Å². The zero-order valence-corrected chi connectivity index (χ0v) is 11.8. The molecule has 0 aromatic carbocycles. The first kappa shape index (κ1) is 14.9. The SMILES string of the molecule is COCCNCCC1CCCC(S(C)(=O)=O)C1. The summed E-state index contributed by atoms with van der Waals surface area (Å²) in [5, 5.41) is 3.22. The van der Waals surface area contributed by atoms with Gasteiger partial charge < -0.3 is 10.1 Å². The first-order valence-electron chi connectivity index (χ1n) is 6.42. The minimum absolute atomic E-state index is 0.0970. The van der Waals surface area contributed by atoms with Crippen LogP contribution in [-0.4, -0.2) is 46.7 Å². The van der Waals surface area contributed by atoms with Crippen molar-refractivity contribution in [1.29, 1.82) is 0 Å². The van der Waals surface area contributed by atoms with Crippen LogP contribution in [0.15, 0.2) is 0 Å². The number of sulfone groups is 1. The first-order chi connectivity index (χ1) is 8.04. The van der Waals surface area contributed by atoms with Crippen LogP contribution in [0.1, 0.15) is 32.1 Å². The molecule has 1 N–H and O–H groups in total. The van der Waals surface area contributed by atoms with E-state index in [1.807, 2.05) is 0 Å². The quantitative estimate of drug-likeness (QED) is 0.702. The zero-order valence-electron chi connectivity index (χ0n) is 10.9. The predicted molar refractivity (Wildman–Crippen MR) is 70.0 cm³/mol. The number of nitrogens with one attached hydrogen (secondary N) is 1. The Morgan fingerprint density at radius 1 is 1.29 bits per heavy atom. The molecule has 0 aliphatic heterocycles. The molecule has 2 unspecified atom stereocenters. The van der Waals surface area contributed by atoms with Gasteiger partial charge >= 0.3 is 0 Å². The van der Waals surface area contributed by atoms with Crippen LogP contribution in [0, 0.1) is 5.92 Å². The third-order valence-corrected chi connectivity index (χ3v) is 5.19. The van der Waals surface area contributed by atoms with Crippen molar-refractivity contribution in [3.05, 3.63) is 0 Å². The maximum absolute atomic E-state index is 11.5. The number of ether oxygens (including phenoxy) is 1. The van der Waals surface area contributed by atoms with Gasteiger partial charge in [0.15, 0.2) is 0 Å². The second kappa shape index (κ2) is 7.34. The van der Waals surface area contributed by atoms with Gasteiger partial charge in [0.25, 0.3) is 0 Å². The fourth-order valence-electron chi connectivity index (χ4n) is 2.50. The van der Waals surface area contributed by atoms with Crippen molar-refractivity contribution in [3.8, 4) is 0 Å². The monoisotopic (exact) mass is 263 g/mol. The number of rotatable bonds is 7. The van der Waals surface area contributed by atoms with E-state index in [0.29, 0.717) is 5.92 Å². The lowest BCUT2D eigenvalue weighted by molar-refractivity contribution is 0.198. The van der Waals surface area contributed by atoms with Gasteiger partial charge in [0.1, 0.15) is 9.84 Å². The van der Waals surface area contributed by atoms with E-state index in [4.69, 9.17) is 4.74 Å². The van der Waals surface area contributed by atoms with Crippen LogP contribution in [-0.2, 0) is 14.6 Å². The maximum atomic E-state index is 11.5. The Hall–Kier alpha value is -0.130. The van der Waals surface area contributed by atoms with Crippen molar-refractivity contribution in [2.75, 3.05) is 33.1 Å². The summed E-state index contributed by atoms with van der Waals surface area (Å²) in [6.07, 6.45) is 6.39. The molecule has 0 radical (unpaired) electrons. The van der Waals surface area contributed by atoms with Gasteiger partial charge in [0, 0.05) is 19.9 Å². The van der Waals surface area contributed by atoms with Crippen LogP contribution in [0.5, 0.6) is 0 Å². The van der Waals surface area contributed by atoms with Crippen LogP contribution in [0.4, 0.5) is 0 Å². The topological polar surface area (TPSA) is 55.4 Å². The molecular formula is C12H25NO3S. The Morgan fingerprint density at radius 2 is 2.06 bits per heavy atom. The van der Waals surface area contributed by atoms with Gasteiger partial charge in [-0.1, -0.05) is 12.8 Å².